The van der Waals surface area contributed by atoms with E-state index in [4.69, 9.17) is 0 Å². The van der Waals surface area contributed by atoms with Crippen molar-refractivity contribution in [1.82, 2.24) is 25.3 Å². The lowest BCUT2D eigenvalue weighted by Gasteiger charge is -2.04. The summed E-state index contributed by atoms with van der Waals surface area (Å²) < 4.78 is 0. The summed E-state index contributed by atoms with van der Waals surface area (Å²) in [4.78, 5) is 17.9. The minimum Gasteiger partial charge on any atom is -0.390 e. The number of aromatic nitrogens is 4. The van der Waals surface area contributed by atoms with E-state index in [-0.39, 0.29) is 24.5 Å². The van der Waals surface area contributed by atoms with Gasteiger partial charge in [0, 0.05) is 6.20 Å². The number of carbonyl (C=O) groups is 1. The van der Waals surface area contributed by atoms with Crippen LogP contribution in [0.4, 0.5) is 0 Å². The number of carbonyl (C=O) groups excluding carboxylic acids is 1. The molecule has 0 saturated carbocycles. The van der Waals surface area contributed by atoms with E-state index in [9.17, 15) is 9.90 Å². The van der Waals surface area contributed by atoms with Gasteiger partial charge in [0.15, 0.2) is 5.69 Å². The quantitative estimate of drug-likeness (QED) is 0.739. The number of benzene rings is 1. The van der Waals surface area contributed by atoms with Crippen molar-refractivity contribution in [2.24, 2.45) is 0 Å². The van der Waals surface area contributed by atoms with Gasteiger partial charge in [0.1, 0.15) is 5.69 Å². The Labute approximate surface area is 145 Å². The summed E-state index contributed by atoms with van der Waals surface area (Å²) in [5.74, 6) is -0.398. The molecule has 0 atom stereocenters. The van der Waals surface area contributed by atoms with Crippen LogP contribution >= 0.6 is 0 Å². The first-order valence-electron chi connectivity index (χ1n) is 7.91. The van der Waals surface area contributed by atoms with E-state index in [1.165, 1.54) is 4.80 Å². The summed E-state index contributed by atoms with van der Waals surface area (Å²) in [5, 5.41) is 20.7. The number of hydrogen-bond acceptors (Lipinski definition) is 5. The third-order valence-electron chi connectivity index (χ3n) is 3.93. The molecule has 2 N–H and O–H groups in total. The highest BCUT2D eigenvalue weighted by Crippen LogP contribution is 2.14. The van der Waals surface area contributed by atoms with Gasteiger partial charge in [0.05, 0.1) is 24.5 Å². The summed E-state index contributed by atoms with van der Waals surface area (Å²) in [6, 6.07) is 11.3. The van der Waals surface area contributed by atoms with Gasteiger partial charge < -0.3 is 10.4 Å². The van der Waals surface area contributed by atoms with Crippen LogP contribution in [0.15, 0.2) is 42.6 Å². The molecule has 7 heteroatoms. The number of amides is 1. The molecular formula is C18H19N5O2. The largest absolute Gasteiger partial charge is 0.390 e. The zero-order chi connectivity index (χ0) is 17.8. The van der Waals surface area contributed by atoms with Gasteiger partial charge in [-0.2, -0.15) is 4.80 Å². The molecule has 0 saturated heterocycles. The van der Waals surface area contributed by atoms with Crippen LogP contribution in [-0.4, -0.2) is 31.0 Å². The predicted molar refractivity (Wildman–Crippen MR) is 92.2 cm³/mol. The highest BCUT2D eigenvalue weighted by atomic mass is 16.3. The predicted octanol–water partition coefficient (Wildman–Crippen LogP) is 1.70. The standard InChI is InChI=1S/C18H19N5O2/c1-12-6-7-15(9-13(12)2)23-21-16(11-24)17(22-23)18(25)20-10-14-5-3-4-8-19-14/h3-9,24H,10-11H2,1-2H3,(H,20,25). The lowest BCUT2D eigenvalue weighted by molar-refractivity contribution is 0.0942. The number of pyridine rings is 1. The molecule has 25 heavy (non-hydrogen) atoms. The first-order chi connectivity index (χ1) is 12.1. The lowest BCUT2D eigenvalue weighted by Crippen LogP contribution is -2.25. The SMILES string of the molecule is Cc1ccc(-n2nc(CO)c(C(=O)NCc3ccccn3)n2)cc1C. The van der Waals surface area contributed by atoms with Crippen molar-refractivity contribution < 1.29 is 9.90 Å². The minimum absolute atomic E-state index is 0.108. The molecule has 0 unspecified atom stereocenters. The lowest BCUT2D eigenvalue weighted by atomic mass is 10.1. The van der Waals surface area contributed by atoms with E-state index in [2.05, 4.69) is 20.5 Å². The number of hydrogen-bond donors (Lipinski definition) is 2. The molecule has 3 rings (SSSR count). The van der Waals surface area contributed by atoms with Crippen molar-refractivity contribution in [3.05, 3.63) is 70.8 Å². The number of nitrogens with one attached hydrogen (secondary N) is 1. The summed E-state index contributed by atoms with van der Waals surface area (Å²) in [5.41, 5.74) is 4.08. The normalized spacial score (nSPS) is 10.7. The number of aliphatic hydroxyl groups is 1. The van der Waals surface area contributed by atoms with Gasteiger partial charge in [0.2, 0.25) is 0 Å². The molecule has 0 aliphatic heterocycles. The molecule has 0 fully saturated rings. The van der Waals surface area contributed by atoms with Gasteiger partial charge >= 0.3 is 0 Å². The molecule has 7 nitrogen and oxygen atoms in total. The van der Waals surface area contributed by atoms with E-state index in [1.54, 1.807) is 6.20 Å². The van der Waals surface area contributed by atoms with E-state index in [0.29, 0.717) is 0 Å². The smallest absolute Gasteiger partial charge is 0.274 e. The van der Waals surface area contributed by atoms with Crippen molar-refractivity contribution in [3.8, 4) is 5.69 Å². The summed E-state index contributed by atoms with van der Waals surface area (Å²) >= 11 is 0. The maximum Gasteiger partial charge on any atom is 0.274 e. The van der Waals surface area contributed by atoms with E-state index < -0.39 is 5.91 Å². The molecule has 0 spiro atoms. The van der Waals surface area contributed by atoms with Crippen LogP contribution in [0.5, 0.6) is 0 Å². The molecule has 1 amide bonds. The van der Waals surface area contributed by atoms with Crippen LogP contribution in [-0.2, 0) is 13.2 Å². The Morgan fingerprint density at radius 1 is 1.16 bits per heavy atom. The maximum absolute atomic E-state index is 12.4. The fourth-order valence-corrected chi connectivity index (χ4v) is 2.34. The molecule has 2 aromatic heterocycles. The third-order valence-corrected chi connectivity index (χ3v) is 3.93. The zero-order valence-corrected chi connectivity index (χ0v) is 14.1. The number of aryl methyl sites for hydroxylation is 2. The van der Waals surface area contributed by atoms with Crippen molar-refractivity contribution in [2.45, 2.75) is 27.0 Å². The Morgan fingerprint density at radius 3 is 2.68 bits per heavy atom. The van der Waals surface area contributed by atoms with E-state index >= 15 is 0 Å². The highest BCUT2D eigenvalue weighted by Gasteiger charge is 2.18. The second-order valence-electron chi connectivity index (χ2n) is 5.72. The van der Waals surface area contributed by atoms with Gasteiger partial charge in [-0.15, -0.1) is 10.2 Å². The average molecular weight is 337 g/mol. The van der Waals surface area contributed by atoms with Gasteiger partial charge in [-0.1, -0.05) is 12.1 Å². The van der Waals surface area contributed by atoms with Crippen LogP contribution in [0.3, 0.4) is 0 Å². The number of rotatable bonds is 5. The van der Waals surface area contributed by atoms with Crippen LogP contribution in [0, 0.1) is 13.8 Å². The van der Waals surface area contributed by atoms with Crippen LogP contribution < -0.4 is 5.32 Å². The Bertz CT molecular complexity index is 890. The highest BCUT2D eigenvalue weighted by molar-refractivity contribution is 5.93. The maximum atomic E-state index is 12.4. The van der Waals surface area contributed by atoms with E-state index in [0.717, 1.165) is 22.5 Å². The molecule has 128 valence electrons. The Balaban J connectivity index is 1.82. The second-order valence-corrected chi connectivity index (χ2v) is 5.72. The molecular weight excluding hydrogens is 318 g/mol. The third kappa shape index (κ3) is 3.72. The van der Waals surface area contributed by atoms with Crippen molar-refractivity contribution in [1.29, 1.82) is 0 Å². The van der Waals surface area contributed by atoms with Gasteiger partial charge in [-0.25, -0.2) is 0 Å². The molecule has 2 heterocycles. The summed E-state index contributed by atoms with van der Waals surface area (Å²) in [7, 11) is 0. The van der Waals surface area contributed by atoms with Gasteiger partial charge in [0.25, 0.3) is 5.91 Å². The summed E-state index contributed by atoms with van der Waals surface area (Å²) in [6.07, 6.45) is 1.66. The average Bonchev–Trinajstić information content (AvgIpc) is 3.07. The van der Waals surface area contributed by atoms with Crippen LogP contribution in [0.1, 0.15) is 33.0 Å². The van der Waals surface area contributed by atoms with Crippen molar-refractivity contribution in [2.75, 3.05) is 0 Å². The van der Waals surface area contributed by atoms with Crippen molar-refractivity contribution >= 4 is 5.91 Å². The minimum atomic E-state index is -0.398. The molecule has 1 aromatic carbocycles. The number of nitrogens with zero attached hydrogens (tertiary/aromatic N) is 4. The Kier molecular flexibility index (Phi) is 4.85. The second kappa shape index (κ2) is 7.23. The fourth-order valence-electron chi connectivity index (χ4n) is 2.34. The van der Waals surface area contributed by atoms with Crippen LogP contribution in [0.2, 0.25) is 0 Å². The van der Waals surface area contributed by atoms with Crippen molar-refractivity contribution in [3.63, 3.8) is 0 Å². The molecule has 0 aliphatic rings. The number of aliphatic hydroxyl groups excluding tert-OH is 1. The monoisotopic (exact) mass is 337 g/mol. The molecule has 0 aliphatic carbocycles. The first-order valence-corrected chi connectivity index (χ1v) is 7.91. The van der Waals surface area contributed by atoms with Gasteiger partial charge in [-0.05, 0) is 49.2 Å². The Morgan fingerprint density at radius 2 is 2.00 bits per heavy atom. The summed E-state index contributed by atoms with van der Waals surface area (Å²) in [6.45, 7) is 3.93. The Hall–Kier alpha value is -3.06. The zero-order valence-electron chi connectivity index (χ0n) is 14.1. The van der Waals surface area contributed by atoms with Gasteiger partial charge in [-0.3, -0.25) is 9.78 Å². The molecule has 3 aromatic rings. The fraction of sp³-hybridized carbons (Fsp3) is 0.222. The van der Waals surface area contributed by atoms with Crippen LogP contribution in [0.25, 0.3) is 5.69 Å². The molecule has 0 radical (unpaired) electrons. The van der Waals surface area contributed by atoms with E-state index in [1.807, 2.05) is 50.2 Å². The molecule has 0 bridgehead atoms. The topological polar surface area (TPSA) is 92.9 Å². The first kappa shape index (κ1) is 16.8.